The molecule has 1 aromatic carbocycles. The van der Waals surface area contributed by atoms with Crippen molar-refractivity contribution in [3.63, 3.8) is 0 Å². The third kappa shape index (κ3) is 2.99. The molecule has 2 aromatic rings. The first kappa shape index (κ1) is 16.1. The summed E-state index contributed by atoms with van der Waals surface area (Å²) in [7, 11) is 0. The summed E-state index contributed by atoms with van der Waals surface area (Å²) in [6.45, 7) is 0.203. The average molecular weight is 340 g/mol. The first-order chi connectivity index (χ1) is 12.1. The Balaban J connectivity index is 1.67. The molecule has 5 heteroatoms. The zero-order valence-electron chi connectivity index (χ0n) is 14.0. The van der Waals surface area contributed by atoms with E-state index < -0.39 is 0 Å². The summed E-state index contributed by atoms with van der Waals surface area (Å²) in [5.74, 6) is 0.494. The number of carbonyl (C=O) groups excluding carboxylic acids is 1. The van der Waals surface area contributed by atoms with Crippen LogP contribution in [0.5, 0.6) is 0 Å². The number of hydrogen-bond donors (Lipinski definition) is 0. The number of halogens is 1. The van der Waals surface area contributed by atoms with Crippen molar-refractivity contribution in [3.8, 4) is 0 Å². The Morgan fingerprint density at radius 1 is 1.16 bits per heavy atom. The van der Waals surface area contributed by atoms with Gasteiger partial charge in [-0.2, -0.15) is 4.73 Å². The van der Waals surface area contributed by atoms with Crippen molar-refractivity contribution in [2.45, 2.75) is 38.3 Å². The van der Waals surface area contributed by atoms with Gasteiger partial charge in [-0.3, -0.25) is 4.79 Å². The number of carbonyl (C=O) groups is 1. The maximum Gasteiger partial charge on any atom is 0.320 e. The Kier molecular flexibility index (Phi) is 4.15. The van der Waals surface area contributed by atoms with Crippen LogP contribution >= 0.6 is 0 Å². The van der Waals surface area contributed by atoms with E-state index in [0.717, 1.165) is 19.3 Å². The number of rotatable bonds is 4. The lowest BCUT2D eigenvalue weighted by atomic mass is 9.93. The summed E-state index contributed by atoms with van der Waals surface area (Å²) >= 11 is 0. The van der Waals surface area contributed by atoms with Gasteiger partial charge in [0.1, 0.15) is 5.82 Å². The smallest absolute Gasteiger partial charge is 0.320 e. The molecule has 0 spiro atoms. The summed E-state index contributed by atoms with van der Waals surface area (Å²) in [5.41, 5.74) is 0.591. The van der Waals surface area contributed by atoms with Crippen LogP contribution in [0.3, 0.4) is 0 Å². The normalized spacial score (nSPS) is 24.4. The minimum Gasteiger partial charge on any atom is -0.618 e. The molecule has 4 rings (SSSR count). The molecule has 1 heterocycles. The van der Waals surface area contributed by atoms with E-state index in [1.54, 1.807) is 35.2 Å². The van der Waals surface area contributed by atoms with E-state index in [2.05, 4.69) is 0 Å². The maximum atomic E-state index is 14.2. The molecule has 2 bridgehead atoms. The largest absolute Gasteiger partial charge is 0.618 e. The van der Waals surface area contributed by atoms with Crippen molar-refractivity contribution in [1.29, 1.82) is 0 Å². The molecule has 1 amide bonds. The number of benzene rings is 1. The van der Waals surface area contributed by atoms with E-state index in [0.29, 0.717) is 22.1 Å². The van der Waals surface area contributed by atoms with Gasteiger partial charge in [0.2, 0.25) is 0 Å². The predicted octanol–water partition coefficient (Wildman–Crippen LogP) is 3.29. The highest BCUT2D eigenvalue weighted by atomic mass is 19.1. The van der Waals surface area contributed by atoms with Gasteiger partial charge in [0.25, 0.3) is 5.69 Å². The molecule has 0 saturated heterocycles. The third-order valence-electron chi connectivity index (χ3n) is 5.70. The van der Waals surface area contributed by atoms with Crippen LogP contribution in [-0.4, -0.2) is 16.8 Å². The van der Waals surface area contributed by atoms with Crippen molar-refractivity contribution in [2.75, 3.05) is 0 Å². The van der Waals surface area contributed by atoms with E-state index >= 15 is 0 Å². The fourth-order valence-electron chi connectivity index (χ4n) is 4.48. The Morgan fingerprint density at radius 2 is 1.96 bits per heavy atom. The van der Waals surface area contributed by atoms with E-state index in [1.165, 1.54) is 24.8 Å². The average Bonchev–Trinajstić information content (AvgIpc) is 3.24. The van der Waals surface area contributed by atoms with Crippen LogP contribution in [0.2, 0.25) is 0 Å². The van der Waals surface area contributed by atoms with Crippen LogP contribution in [0.1, 0.15) is 41.7 Å². The summed E-state index contributed by atoms with van der Waals surface area (Å²) < 4.78 is 14.8. The van der Waals surface area contributed by atoms with Crippen LogP contribution in [0.4, 0.5) is 4.39 Å². The van der Waals surface area contributed by atoms with Crippen molar-refractivity contribution >= 4 is 5.91 Å². The Bertz CT molecular complexity index is 795. The molecule has 25 heavy (non-hydrogen) atoms. The number of fused-ring (bicyclic) bond motifs is 2. The molecular formula is C20H21FN2O2. The van der Waals surface area contributed by atoms with Crippen LogP contribution < -0.4 is 4.73 Å². The number of nitrogens with zero attached hydrogens (tertiary/aromatic N) is 2. The highest BCUT2D eigenvalue weighted by Gasteiger charge is 2.44. The standard InChI is InChI=1S/C20H21FN2O2/c21-17-6-2-1-5-16(17)13-22(19-12-14-8-9-15(19)11-14)20(24)18-7-3-4-10-23(18)25/h1-7,10,14-15,19H,8-9,11-13H2. The minimum absolute atomic E-state index is 0.0889. The van der Waals surface area contributed by atoms with Crippen LogP contribution in [0.25, 0.3) is 0 Å². The lowest BCUT2D eigenvalue weighted by Gasteiger charge is -2.34. The van der Waals surface area contributed by atoms with Gasteiger partial charge < -0.3 is 10.1 Å². The zero-order valence-corrected chi connectivity index (χ0v) is 14.0. The monoisotopic (exact) mass is 340 g/mol. The lowest BCUT2D eigenvalue weighted by Crippen LogP contribution is -2.47. The van der Waals surface area contributed by atoms with Crippen LogP contribution in [-0.2, 0) is 6.54 Å². The predicted molar refractivity (Wildman–Crippen MR) is 90.9 cm³/mol. The third-order valence-corrected chi connectivity index (χ3v) is 5.70. The van der Waals surface area contributed by atoms with Gasteiger partial charge in [-0.05, 0) is 43.2 Å². The summed E-state index contributed by atoms with van der Waals surface area (Å²) in [6.07, 6.45) is 5.75. The van der Waals surface area contributed by atoms with Gasteiger partial charge in [0.15, 0.2) is 6.20 Å². The maximum absolute atomic E-state index is 14.2. The van der Waals surface area contributed by atoms with Crippen molar-refractivity contribution < 1.29 is 13.9 Å². The summed E-state index contributed by atoms with van der Waals surface area (Å²) in [5, 5.41) is 12.1. The topological polar surface area (TPSA) is 47.2 Å². The van der Waals surface area contributed by atoms with Crippen molar-refractivity contribution in [3.05, 3.63) is 70.9 Å². The van der Waals surface area contributed by atoms with Gasteiger partial charge in [0, 0.05) is 30.3 Å². The molecule has 130 valence electrons. The second-order valence-corrected chi connectivity index (χ2v) is 7.18. The zero-order chi connectivity index (χ0) is 17.4. The molecule has 0 radical (unpaired) electrons. The van der Waals surface area contributed by atoms with E-state index in [-0.39, 0.29) is 30.0 Å². The molecule has 0 aliphatic heterocycles. The second kappa shape index (κ2) is 6.47. The van der Waals surface area contributed by atoms with Gasteiger partial charge >= 0.3 is 5.91 Å². The number of hydrogen-bond acceptors (Lipinski definition) is 2. The fraction of sp³-hybridized carbons (Fsp3) is 0.400. The molecule has 1 aromatic heterocycles. The quantitative estimate of drug-likeness (QED) is 0.633. The van der Waals surface area contributed by atoms with Crippen molar-refractivity contribution in [2.24, 2.45) is 11.8 Å². The number of aromatic nitrogens is 1. The van der Waals surface area contributed by atoms with E-state index in [9.17, 15) is 14.4 Å². The second-order valence-electron chi connectivity index (χ2n) is 7.18. The first-order valence-electron chi connectivity index (χ1n) is 8.86. The Morgan fingerprint density at radius 3 is 2.64 bits per heavy atom. The number of amides is 1. The minimum atomic E-state index is -0.313. The highest BCUT2D eigenvalue weighted by Crippen LogP contribution is 2.47. The SMILES string of the molecule is O=C(c1cccc[n+]1[O-])N(Cc1ccccc1F)C1CC2CCC1C2. The summed E-state index contributed by atoms with van der Waals surface area (Å²) in [6, 6.07) is 11.5. The molecule has 0 N–H and O–H groups in total. The molecule has 2 fully saturated rings. The Labute approximate surface area is 146 Å². The van der Waals surface area contributed by atoms with Gasteiger partial charge in [-0.25, -0.2) is 4.39 Å². The molecule has 3 atom stereocenters. The molecule has 2 aliphatic carbocycles. The van der Waals surface area contributed by atoms with Gasteiger partial charge in [-0.1, -0.05) is 24.6 Å². The highest BCUT2D eigenvalue weighted by molar-refractivity contribution is 5.91. The van der Waals surface area contributed by atoms with E-state index in [4.69, 9.17) is 0 Å². The fourth-order valence-corrected chi connectivity index (χ4v) is 4.48. The number of pyridine rings is 1. The molecule has 2 aliphatic rings. The molecular weight excluding hydrogens is 319 g/mol. The van der Waals surface area contributed by atoms with Crippen LogP contribution in [0, 0.1) is 22.9 Å². The Hall–Kier alpha value is -2.43. The molecule has 4 nitrogen and oxygen atoms in total. The van der Waals surface area contributed by atoms with Crippen molar-refractivity contribution in [1.82, 2.24) is 4.90 Å². The summed E-state index contributed by atoms with van der Waals surface area (Å²) in [4.78, 5) is 14.9. The lowest BCUT2D eigenvalue weighted by molar-refractivity contribution is -0.608. The van der Waals surface area contributed by atoms with E-state index in [1.807, 2.05) is 0 Å². The first-order valence-corrected chi connectivity index (χ1v) is 8.86. The molecule has 2 saturated carbocycles. The molecule has 3 unspecified atom stereocenters. The van der Waals surface area contributed by atoms with Gasteiger partial charge in [0.05, 0.1) is 0 Å². The van der Waals surface area contributed by atoms with Gasteiger partial charge in [-0.15, -0.1) is 0 Å². The van der Waals surface area contributed by atoms with Crippen LogP contribution in [0.15, 0.2) is 48.7 Å².